The fourth-order valence-corrected chi connectivity index (χ4v) is 5.47. The van der Waals surface area contributed by atoms with Gasteiger partial charge in [0.1, 0.15) is 0 Å². The Morgan fingerprint density at radius 2 is 0.468 bits per heavy atom. The lowest BCUT2D eigenvalue weighted by atomic mass is 9.95. The summed E-state index contributed by atoms with van der Waals surface area (Å²) in [6.45, 7) is 0. The molecule has 0 amide bonds. The zero-order chi connectivity index (χ0) is 47.0. The van der Waals surface area contributed by atoms with Gasteiger partial charge in [0.2, 0.25) is 11.4 Å². The molecule has 0 spiro atoms. The van der Waals surface area contributed by atoms with Crippen molar-refractivity contribution in [3.05, 3.63) is 158 Å². The standard InChI is InChI=1S/C24H6N14O24/c39-27(40)7-1-9(29(43)44)17(10(2-7)30(45)46)19-13(33(51)52)5-15(35(55)56)21(23(19)37(59)60)25-26-22-16(36(57)58)6-14(34(53)54)20(24(22)38(61)62)18-11(31(47)48)3-8(28(41)42)4-12(18)32(49)50/h1-6H. The minimum Gasteiger partial charge on any atom is -0.258 e. The van der Waals surface area contributed by atoms with Gasteiger partial charge in [0, 0.05) is 0 Å². The molecule has 0 aliphatic rings. The summed E-state index contributed by atoms with van der Waals surface area (Å²) in [5.74, 6) is 0. The fraction of sp³-hybridized carbons (Fsp3) is 0. The van der Waals surface area contributed by atoms with E-state index in [1.54, 1.807) is 0 Å². The predicted molar refractivity (Wildman–Crippen MR) is 188 cm³/mol. The van der Waals surface area contributed by atoms with Crippen LogP contribution in [0.4, 0.5) is 79.6 Å². The van der Waals surface area contributed by atoms with Crippen LogP contribution in [-0.4, -0.2) is 59.1 Å². The van der Waals surface area contributed by atoms with Crippen molar-refractivity contribution in [2.75, 3.05) is 0 Å². The van der Waals surface area contributed by atoms with Crippen LogP contribution in [0.15, 0.2) is 46.6 Å². The summed E-state index contributed by atoms with van der Waals surface area (Å²) in [6, 6.07) is -1.03. The Morgan fingerprint density at radius 1 is 0.258 bits per heavy atom. The first-order valence-corrected chi connectivity index (χ1v) is 14.7. The molecule has 0 aliphatic carbocycles. The molecule has 0 radical (unpaired) electrons. The second-order valence-corrected chi connectivity index (χ2v) is 11.0. The molecular formula is C24H6N14O24. The van der Waals surface area contributed by atoms with Crippen LogP contribution >= 0.6 is 0 Å². The molecule has 0 atom stereocenters. The van der Waals surface area contributed by atoms with Crippen molar-refractivity contribution in [2.45, 2.75) is 0 Å². The van der Waals surface area contributed by atoms with Crippen molar-refractivity contribution in [3.8, 4) is 22.3 Å². The molecule has 0 aliphatic heterocycles. The van der Waals surface area contributed by atoms with Gasteiger partial charge in [-0.15, -0.1) is 10.2 Å². The first kappa shape index (κ1) is 44.0. The zero-order valence-electron chi connectivity index (χ0n) is 28.5. The summed E-state index contributed by atoms with van der Waals surface area (Å²) < 4.78 is 0. The number of azo groups is 1. The summed E-state index contributed by atoms with van der Waals surface area (Å²) in [5, 5.41) is 151. The number of hydrogen-bond donors (Lipinski definition) is 0. The Morgan fingerprint density at radius 3 is 0.645 bits per heavy atom. The number of non-ortho nitro benzene ring substituents is 2. The number of nitro groups is 12. The first-order chi connectivity index (χ1) is 28.7. The highest BCUT2D eigenvalue weighted by atomic mass is 16.7. The van der Waals surface area contributed by atoms with Crippen LogP contribution in [0, 0.1) is 121 Å². The Balaban J connectivity index is 2.41. The summed E-state index contributed by atoms with van der Waals surface area (Å²) in [4.78, 5) is 125. The SMILES string of the molecule is O=[N+]([O-])c1cc([N+](=O)[O-])c(-c2c([N+](=O)[O-])cc([N+](=O)[O-])c(N=Nc3c([N+](=O)[O-])cc([N+](=O)[O-])c(-c4c([N+](=O)[O-])cc([N+](=O)[O-])cc4[N+](=O)[O-])c3[N+](=O)[O-])c2[N+](=O)[O-])c([N+](=O)[O-])c1. The Labute approximate surface area is 329 Å². The zero-order valence-corrected chi connectivity index (χ0v) is 28.5. The second-order valence-electron chi connectivity index (χ2n) is 11.0. The summed E-state index contributed by atoms with van der Waals surface area (Å²) in [7, 11) is 0. The van der Waals surface area contributed by atoms with Gasteiger partial charge in [-0.3, -0.25) is 121 Å². The minimum absolute atomic E-state index is 0.0971. The molecule has 0 bridgehead atoms. The number of nitrogens with zero attached hydrogens (tertiary/aromatic N) is 14. The normalized spacial score (nSPS) is 10.8. The van der Waals surface area contributed by atoms with Gasteiger partial charge in [-0.25, -0.2) is 0 Å². The van der Waals surface area contributed by atoms with E-state index < -0.39 is 161 Å². The third-order valence-corrected chi connectivity index (χ3v) is 7.74. The third kappa shape index (κ3) is 7.68. The van der Waals surface area contributed by atoms with Crippen molar-refractivity contribution in [1.82, 2.24) is 0 Å². The van der Waals surface area contributed by atoms with E-state index in [4.69, 9.17) is 0 Å². The monoisotopic (exact) mass is 874 g/mol. The minimum atomic E-state index is -2.29. The van der Waals surface area contributed by atoms with Crippen LogP contribution < -0.4 is 0 Å². The number of rotatable bonds is 16. The Hall–Kier alpha value is -10.7. The summed E-state index contributed by atoms with van der Waals surface area (Å²) in [6.07, 6.45) is 0. The summed E-state index contributed by atoms with van der Waals surface area (Å²) in [5.41, 5.74) is -34.8. The van der Waals surface area contributed by atoms with Gasteiger partial charge in [0.15, 0.2) is 22.3 Å². The molecular weight excluding hydrogens is 868 g/mol. The average molecular weight is 874 g/mol. The highest BCUT2D eigenvalue weighted by Crippen LogP contribution is 2.57. The summed E-state index contributed by atoms with van der Waals surface area (Å²) >= 11 is 0. The fourth-order valence-electron chi connectivity index (χ4n) is 5.47. The van der Waals surface area contributed by atoms with Crippen LogP contribution in [0.3, 0.4) is 0 Å². The smallest absolute Gasteiger partial charge is 0.258 e. The van der Waals surface area contributed by atoms with Gasteiger partial charge in [0.05, 0.1) is 95.5 Å². The molecule has 4 aromatic rings. The lowest BCUT2D eigenvalue weighted by Gasteiger charge is -2.10. The lowest BCUT2D eigenvalue weighted by molar-refractivity contribution is -0.405. The van der Waals surface area contributed by atoms with Crippen LogP contribution in [0.25, 0.3) is 22.3 Å². The van der Waals surface area contributed by atoms with Crippen LogP contribution in [-0.2, 0) is 0 Å². The molecule has 0 heterocycles. The molecule has 0 unspecified atom stereocenters. The van der Waals surface area contributed by atoms with E-state index in [0.717, 1.165) is 0 Å². The van der Waals surface area contributed by atoms with E-state index in [2.05, 4.69) is 10.2 Å². The van der Waals surface area contributed by atoms with Gasteiger partial charge in [0.25, 0.3) is 45.5 Å². The van der Waals surface area contributed by atoms with Crippen molar-refractivity contribution in [2.24, 2.45) is 10.2 Å². The average Bonchev–Trinajstić information content (AvgIpc) is 3.16. The largest absolute Gasteiger partial charge is 0.319 e. The van der Waals surface area contributed by atoms with Crippen molar-refractivity contribution in [1.29, 1.82) is 0 Å². The Kier molecular flexibility index (Phi) is 11.4. The molecule has 0 saturated heterocycles. The molecule has 0 saturated carbocycles. The molecule has 0 N–H and O–H groups in total. The highest BCUT2D eigenvalue weighted by Gasteiger charge is 2.47. The van der Waals surface area contributed by atoms with Crippen LogP contribution in [0.5, 0.6) is 0 Å². The van der Waals surface area contributed by atoms with Crippen molar-refractivity contribution in [3.63, 3.8) is 0 Å². The highest BCUT2D eigenvalue weighted by molar-refractivity contribution is 6.01. The Bertz CT molecular complexity index is 2650. The lowest BCUT2D eigenvalue weighted by Crippen LogP contribution is -2.06. The predicted octanol–water partition coefficient (Wildman–Crippen LogP) is 6.33. The van der Waals surface area contributed by atoms with Crippen LogP contribution in [0.2, 0.25) is 0 Å². The molecule has 4 rings (SSSR count). The third-order valence-electron chi connectivity index (χ3n) is 7.74. The van der Waals surface area contributed by atoms with E-state index in [-0.39, 0.29) is 36.4 Å². The molecule has 316 valence electrons. The number of hydrogen-bond acceptors (Lipinski definition) is 26. The van der Waals surface area contributed by atoms with E-state index in [1.807, 2.05) is 0 Å². The first-order valence-electron chi connectivity index (χ1n) is 14.7. The number of nitro benzene ring substituents is 12. The van der Waals surface area contributed by atoms with Gasteiger partial charge in [-0.05, 0) is 0 Å². The molecule has 62 heavy (non-hydrogen) atoms. The van der Waals surface area contributed by atoms with Gasteiger partial charge in [-0.2, -0.15) is 0 Å². The van der Waals surface area contributed by atoms with Gasteiger partial charge >= 0.3 is 22.7 Å². The maximum Gasteiger partial charge on any atom is 0.319 e. The molecule has 4 aromatic carbocycles. The van der Waals surface area contributed by atoms with E-state index in [0.29, 0.717) is 0 Å². The maximum atomic E-state index is 12.6. The van der Waals surface area contributed by atoms with E-state index in [9.17, 15) is 121 Å². The quantitative estimate of drug-likeness (QED) is 0.0673. The number of benzene rings is 4. The van der Waals surface area contributed by atoms with E-state index in [1.165, 1.54) is 0 Å². The topological polar surface area (TPSA) is 542 Å². The molecule has 38 heteroatoms. The van der Waals surface area contributed by atoms with Gasteiger partial charge < -0.3 is 0 Å². The van der Waals surface area contributed by atoms with E-state index >= 15 is 0 Å². The maximum absolute atomic E-state index is 12.6. The second kappa shape index (κ2) is 16.0. The molecule has 0 fully saturated rings. The molecule has 0 aromatic heterocycles. The van der Waals surface area contributed by atoms with Crippen LogP contribution in [0.1, 0.15) is 0 Å². The van der Waals surface area contributed by atoms with Crippen molar-refractivity contribution >= 4 is 79.6 Å². The van der Waals surface area contributed by atoms with Crippen molar-refractivity contribution < 1.29 is 59.1 Å². The molecule has 38 nitrogen and oxygen atoms in total. The van der Waals surface area contributed by atoms with Gasteiger partial charge in [-0.1, -0.05) is 0 Å².